The first kappa shape index (κ1) is 9.40. The number of methoxy groups -OCH3 is 1. The molecule has 3 nitrogen and oxygen atoms in total. The summed E-state index contributed by atoms with van der Waals surface area (Å²) in [6.45, 7) is 1.98. The fourth-order valence-corrected chi connectivity index (χ4v) is 0.799. The fraction of sp³-hybridized carbons (Fsp3) is 0.300. The summed E-state index contributed by atoms with van der Waals surface area (Å²) in [5.74, 6) is 5.62. The molecular formula is C10H10O3. The summed E-state index contributed by atoms with van der Waals surface area (Å²) >= 11 is 0. The summed E-state index contributed by atoms with van der Waals surface area (Å²) in [6, 6.07) is 3.57. The predicted octanol–water partition coefficient (Wildman–Crippen LogP) is 1.37. The molecule has 0 aliphatic carbocycles. The van der Waals surface area contributed by atoms with Crippen LogP contribution >= 0.6 is 0 Å². The highest BCUT2D eigenvalue weighted by Gasteiger charge is 1.96. The minimum absolute atomic E-state index is 0.488. The Morgan fingerprint density at radius 3 is 2.92 bits per heavy atom. The second-order valence-corrected chi connectivity index (χ2v) is 2.36. The van der Waals surface area contributed by atoms with Crippen molar-refractivity contribution in [3.05, 3.63) is 23.7 Å². The van der Waals surface area contributed by atoms with Gasteiger partial charge in [0, 0.05) is 12.3 Å². The normalized spacial score (nSPS) is 8.77. The number of carbonyl (C=O) groups excluding carboxylic acids is 1. The summed E-state index contributed by atoms with van der Waals surface area (Å²) < 4.78 is 9.60. The van der Waals surface area contributed by atoms with Crippen LogP contribution in [0.5, 0.6) is 0 Å². The smallest absolute Gasteiger partial charge is 0.384 e. The first-order chi connectivity index (χ1) is 6.26. The van der Waals surface area contributed by atoms with Crippen LogP contribution in [0.3, 0.4) is 0 Å². The van der Waals surface area contributed by atoms with Crippen molar-refractivity contribution in [3.63, 3.8) is 0 Å². The lowest BCUT2D eigenvalue weighted by Crippen LogP contribution is -1.94. The minimum Gasteiger partial charge on any atom is -0.459 e. The molecule has 0 fully saturated rings. The van der Waals surface area contributed by atoms with Crippen molar-refractivity contribution in [3.8, 4) is 11.8 Å². The van der Waals surface area contributed by atoms with Crippen LogP contribution < -0.4 is 0 Å². The molecule has 68 valence electrons. The molecule has 1 rings (SSSR count). The van der Waals surface area contributed by atoms with Crippen LogP contribution in [0.15, 0.2) is 16.5 Å². The van der Waals surface area contributed by atoms with Gasteiger partial charge in [-0.05, 0) is 18.1 Å². The monoisotopic (exact) mass is 178 g/mol. The van der Waals surface area contributed by atoms with Crippen molar-refractivity contribution in [2.75, 3.05) is 7.11 Å². The number of hydrogen-bond donors (Lipinski definition) is 0. The molecule has 0 aromatic carbocycles. The number of carbonyl (C=O) groups is 1. The van der Waals surface area contributed by atoms with Gasteiger partial charge in [0.2, 0.25) is 0 Å². The third-order valence-corrected chi connectivity index (χ3v) is 1.48. The summed E-state index contributed by atoms with van der Waals surface area (Å²) in [5, 5.41) is 0. The van der Waals surface area contributed by atoms with Crippen LogP contribution in [0.25, 0.3) is 0 Å². The van der Waals surface area contributed by atoms with Crippen LogP contribution in [0.2, 0.25) is 0 Å². The summed E-state index contributed by atoms with van der Waals surface area (Å²) in [4.78, 5) is 10.6. The predicted molar refractivity (Wildman–Crippen MR) is 47.0 cm³/mol. The van der Waals surface area contributed by atoms with Crippen LogP contribution in [-0.4, -0.2) is 13.1 Å². The molecule has 13 heavy (non-hydrogen) atoms. The number of aryl methyl sites for hydroxylation is 1. The molecule has 0 N–H and O–H groups in total. The largest absolute Gasteiger partial charge is 0.459 e. The molecule has 0 spiro atoms. The molecule has 0 atom stereocenters. The zero-order valence-electron chi connectivity index (χ0n) is 7.59. The number of rotatable bonds is 1. The van der Waals surface area contributed by atoms with Crippen LogP contribution in [0.1, 0.15) is 18.4 Å². The van der Waals surface area contributed by atoms with E-state index in [9.17, 15) is 4.79 Å². The SMILES string of the molecule is CCc1ccc(C#CC(=O)OC)o1. The van der Waals surface area contributed by atoms with Gasteiger partial charge >= 0.3 is 5.97 Å². The number of ether oxygens (including phenoxy) is 1. The minimum atomic E-state index is -0.561. The first-order valence-corrected chi connectivity index (χ1v) is 3.95. The standard InChI is InChI=1S/C10H10O3/c1-3-8-4-5-9(13-8)6-7-10(11)12-2/h4-5H,3H2,1-2H3. The highest BCUT2D eigenvalue weighted by molar-refractivity contribution is 5.88. The van der Waals surface area contributed by atoms with Gasteiger partial charge in [-0.3, -0.25) is 0 Å². The lowest BCUT2D eigenvalue weighted by molar-refractivity contribution is -0.133. The van der Waals surface area contributed by atoms with Gasteiger partial charge in [-0.15, -0.1) is 0 Å². The Labute approximate surface area is 76.7 Å². The molecule has 0 saturated carbocycles. The Balaban J connectivity index is 2.72. The van der Waals surface area contributed by atoms with Crippen LogP contribution in [0, 0.1) is 11.8 Å². The molecule has 3 heteroatoms. The summed E-state index contributed by atoms with van der Waals surface area (Å²) in [7, 11) is 1.29. The summed E-state index contributed by atoms with van der Waals surface area (Å²) in [5.41, 5.74) is 0. The molecule has 0 saturated heterocycles. The maximum atomic E-state index is 10.6. The van der Waals surface area contributed by atoms with Crippen molar-refractivity contribution >= 4 is 5.97 Å². The van der Waals surface area contributed by atoms with Gasteiger partial charge in [-0.2, -0.15) is 0 Å². The zero-order chi connectivity index (χ0) is 9.68. The number of furan rings is 1. The third-order valence-electron chi connectivity index (χ3n) is 1.48. The van der Waals surface area contributed by atoms with Gasteiger partial charge in [0.05, 0.1) is 7.11 Å². The lowest BCUT2D eigenvalue weighted by atomic mass is 10.3. The topological polar surface area (TPSA) is 39.4 Å². The molecule has 1 aromatic heterocycles. The Morgan fingerprint density at radius 1 is 1.62 bits per heavy atom. The van der Waals surface area contributed by atoms with E-state index >= 15 is 0 Å². The van der Waals surface area contributed by atoms with Crippen molar-refractivity contribution in [1.29, 1.82) is 0 Å². The van der Waals surface area contributed by atoms with E-state index < -0.39 is 5.97 Å². The molecule has 0 unspecified atom stereocenters. The van der Waals surface area contributed by atoms with Gasteiger partial charge < -0.3 is 9.15 Å². The van der Waals surface area contributed by atoms with E-state index in [1.165, 1.54) is 7.11 Å². The highest BCUT2D eigenvalue weighted by Crippen LogP contribution is 2.06. The van der Waals surface area contributed by atoms with Gasteiger partial charge in [0.25, 0.3) is 0 Å². The lowest BCUT2D eigenvalue weighted by Gasteiger charge is -1.85. The van der Waals surface area contributed by atoms with Crippen molar-refractivity contribution in [2.45, 2.75) is 13.3 Å². The van der Waals surface area contributed by atoms with Gasteiger partial charge in [0.1, 0.15) is 5.76 Å². The van der Waals surface area contributed by atoms with E-state index in [1.807, 2.05) is 13.0 Å². The van der Waals surface area contributed by atoms with E-state index in [0.717, 1.165) is 12.2 Å². The average Bonchev–Trinajstić information content (AvgIpc) is 2.61. The second kappa shape index (κ2) is 4.36. The highest BCUT2D eigenvalue weighted by atomic mass is 16.5. The molecule has 0 amide bonds. The van der Waals surface area contributed by atoms with E-state index in [2.05, 4.69) is 16.6 Å². The van der Waals surface area contributed by atoms with Gasteiger partial charge in [-0.1, -0.05) is 6.92 Å². The molecular weight excluding hydrogens is 168 g/mol. The molecule has 1 aromatic rings. The van der Waals surface area contributed by atoms with E-state index in [-0.39, 0.29) is 0 Å². The third kappa shape index (κ3) is 2.68. The molecule has 0 bridgehead atoms. The Kier molecular flexibility index (Phi) is 3.15. The fourth-order valence-electron chi connectivity index (χ4n) is 0.799. The van der Waals surface area contributed by atoms with Crippen molar-refractivity contribution < 1.29 is 13.9 Å². The van der Waals surface area contributed by atoms with E-state index in [4.69, 9.17) is 4.42 Å². The maximum Gasteiger partial charge on any atom is 0.384 e. The second-order valence-electron chi connectivity index (χ2n) is 2.36. The van der Waals surface area contributed by atoms with Crippen LogP contribution in [-0.2, 0) is 16.0 Å². The van der Waals surface area contributed by atoms with E-state index in [1.54, 1.807) is 6.07 Å². The van der Waals surface area contributed by atoms with Crippen LogP contribution in [0.4, 0.5) is 0 Å². The maximum absolute atomic E-state index is 10.6. The number of esters is 1. The van der Waals surface area contributed by atoms with Gasteiger partial charge in [0.15, 0.2) is 5.76 Å². The average molecular weight is 178 g/mol. The molecule has 0 radical (unpaired) electrons. The molecule has 0 aliphatic rings. The quantitative estimate of drug-likeness (QED) is 0.481. The Hall–Kier alpha value is -1.69. The van der Waals surface area contributed by atoms with E-state index in [0.29, 0.717) is 5.76 Å². The Bertz CT molecular complexity index is 352. The summed E-state index contributed by atoms with van der Waals surface area (Å²) in [6.07, 6.45) is 0.819. The van der Waals surface area contributed by atoms with Gasteiger partial charge in [-0.25, -0.2) is 4.79 Å². The van der Waals surface area contributed by atoms with Crippen molar-refractivity contribution in [2.24, 2.45) is 0 Å². The molecule has 0 aliphatic heterocycles. The zero-order valence-corrected chi connectivity index (χ0v) is 7.59. The molecule has 1 heterocycles. The van der Waals surface area contributed by atoms with Crippen molar-refractivity contribution in [1.82, 2.24) is 0 Å². The number of hydrogen-bond acceptors (Lipinski definition) is 3. The Morgan fingerprint density at radius 2 is 2.38 bits per heavy atom. The first-order valence-electron chi connectivity index (χ1n) is 3.95.